The topological polar surface area (TPSA) is 47.8 Å². The fourth-order valence-electron chi connectivity index (χ4n) is 2.00. The van der Waals surface area contributed by atoms with Crippen molar-refractivity contribution in [2.75, 3.05) is 0 Å². The highest BCUT2D eigenvalue weighted by atomic mass is 16.1. The van der Waals surface area contributed by atoms with E-state index in [1.165, 1.54) is 12.8 Å². The second kappa shape index (κ2) is 4.35. The van der Waals surface area contributed by atoms with Crippen LogP contribution < -0.4 is 0 Å². The maximum Gasteiger partial charge on any atom is 0.137 e. The Kier molecular flexibility index (Phi) is 2.91. The summed E-state index contributed by atoms with van der Waals surface area (Å²) in [4.78, 5) is 11.7. The van der Waals surface area contributed by atoms with Crippen LogP contribution in [0, 0.1) is 5.92 Å². The Hall–Kier alpha value is -1.19. The SMILES string of the molecule is O=C1CCCCCC1Cn1cnnc1. The Morgan fingerprint density at radius 3 is 2.86 bits per heavy atom. The number of nitrogens with zero attached hydrogens (tertiary/aromatic N) is 3. The van der Waals surface area contributed by atoms with Crippen molar-refractivity contribution < 1.29 is 4.79 Å². The maximum absolute atomic E-state index is 11.7. The molecule has 1 aromatic rings. The molecule has 1 heterocycles. The Morgan fingerprint density at radius 1 is 1.29 bits per heavy atom. The largest absolute Gasteiger partial charge is 0.319 e. The lowest BCUT2D eigenvalue weighted by molar-refractivity contribution is -0.123. The van der Waals surface area contributed by atoms with Crippen molar-refractivity contribution in [3.8, 4) is 0 Å². The molecule has 0 N–H and O–H groups in total. The van der Waals surface area contributed by atoms with E-state index in [9.17, 15) is 4.79 Å². The Balaban J connectivity index is 1.98. The third-order valence-corrected chi connectivity index (χ3v) is 2.83. The van der Waals surface area contributed by atoms with E-state index in [0.717, 1.165) is 25.8 Å². The first-order chi connectivity index (χ1) is 6.86. The first-order valence-electron chi connectivity index (χ1n) is 5.21. The minimum Gasteiger partial charge on any atom is -0.319 e. The molecule has 0 amide bonds. The van der Waals surface area contributed by atoms with Crippen molar-refractivity contribution in [2.45, 2.75) is 38.6 Å². The fraction of sp³-hybridized carbons (Fsp3) is 0.700. The summed E-state index contributed by atoms with van der Waals surface area (Å²) < 4.78 is 1.90. The zero-order chi connectivity index (χ0) is 9.80. The lowest BCUT2D eigenvalue weighted by Gasteiger charge is -2.12. The third-order valence-electron chi connectivity index (χ3n) is 2.83. The molecule has 0 radical (unpaired) electrons. The molecule has 1 unspecified atom stereocenters. The number of carbonyl (C=O) groups is 1. The summed E-state index contributed by atoms with van der Waals surface area (Å²) in [6, 6.07) is 0. The summed E-state index contributed by atoms with van der Waals surface area (Å²) in [5, 5.41) is 7.48. The lowest BCUT2D eigenvalue weighted by Crippen LogP contribution is -2.18. The monoisotopic (exact) mass is 193 g/mol. The standard InChI is InChI=1S/C10H15N3O/c14-10-5-3-1-2-4-9(10)6-13-7-11-12-8-13/h7-9H,1-6H2. The van der Waals surface area contributed by atoms with E-state index in [1.807, 2.05) is 4.57 Å². The van der Waals surface area contributed by atoms with Crippen molar-refractivity contribution in [1.29, 1.82) is 0 Å². The van der Waals surface area contributed by atoms with Gasteiger partial charge in [-0.1, -0.05) is 12.8 Å². The van der Waals surface area contributed by atoms with Gasteiger partial charge in [-0.25, -0.2) is 0 Å². The molecule has 1 fully saturated rings. The van der Waals surface area contributed by atoms with Gasteiger partial charge in [-0.05, 0) is 12.8 Å². The quantitative estimate of drug-likeness (QED) is 0.667. The van der Waals surface area contributed by atoms with Crippen LogP contribution in [0.15, 0.2) is 12.7 Å². The molecule has 1 aliphatic rings. The van der Waals surface area contributed by atoms with Crippen LogP contribution in [0.4, 0.5) is 0 Å². The number of aromatic nitrogens is 3. The van der Waals surface area contributed by atoms with E-state index in [1.54, 1.807) is 12.7 Å². The molecule has 4 heteroatoms. The zero-order valence-corrected chi connectivity index (χ0v) is 8.22. The van der Waals surface area contributed by atoms with E-state index in [4.69, 9.17) is 0 Å². The summed E-state index contributed by atoms with van der Waals surface area (Å²) >= 11 is 0. The highest BCUT2D eigenvalue weighted by Gasteiger charge is 2.20. The summed E-state index contributed by atoms with van der Waals surface area (Å²) in [6.45, 7) is 0.756. The van der Waals surface area contributed by atoms with Crippen LogP contribution in [-0.4, -0.2) is 20.5 Å². The van der Waals surface area contributed by atoms with E-state index >= 15 is 0 Å². The van der Waals surface area contributed by atoms with Gasteiger partial charge in [0, 0.05) is 18.9 Å². The smallest absolute Gasteiger partial charge is 0.137 e. The molecule has 0 spiro atoms. The van der Waals surface area contributed by atoms with Crippen molar-refractivity contribution in [2.24, 2.45) is 5.92 Å². The lowest BCUT2D eigenvalue weighted by atomic mass is 9.99. The Morgan fingerprint density at radius 2 is 2.07 bits per heavy atom. The number of carbonyl (C=O) groups excluding carboxylic acids is 1. The second-order valence-electron chi connectivity index (χ2n) is 3.92. The molecule has 1 saturated carbocycles. The summed E-state index contributed by atoms with van der Waals surface area (Å²) in [6.07, 6.45) is 8.58. The molecule has 2 rings (SSSR count). The molecule has 1 aliphatic carbocycles. The van der Waals surface area contributed by atoms with Crippen LogP contribution >= 0.6 is 0 Å². The predicted octanol–water partition coefficient (Wildman–Crippen LogP) is 1.43. The highest BCUT2D eigenvalue weighted by molar-refractivity contribution is 5.81. The minimum atomic E-state index is 0.188. The molecular formula is C10H15N3O. The Bertz CT molecular complexity index is 294. The van der Waals surface area contributed by atoms with Crippen LogP contribution in [0.25, 0.3) is 0 Å². The second-order valence-corrected chi connectivity index (χ2v) is 3.92. The molecular weight excluding hydrogens is 178 g/mol. The van der Waals surface area contributed by atoms with Gasteiger partial charge in [0.15, 0.2) is 0 Å². The molecule has 0 saturated heterocycles. The van der Waals surface area contributed by atoms with Gasteiger partial charge >= 0.3 is 0 Å². The highest BCUT2D eigenvalue weighted by Crippen LogP contribution is 2.21. The van der Waals surface area contributed by atoms with E-state index in [2.05, 4.69) is 10.2 Å². The van der Waals surface area contributed by atoms with Gasteiger partial charge in [0.05, 0.1) is 0 Å². The molecule has 0 aliphatic heterocycles. The normalized spacial score (nSPS) is 23.4. The molecule has 0 aromatic carbocycles. The van der Waals surface area contributed by atoms with Gasteiger partial charge in [-0.3, -0.25) is 4.79 Å². The van der Waals surface area contributed by atoms with Crippen molar-refractivity contribution in [1.82, 2.24) is 14.8 Å². The van der Waals surface area contributed by atoms with Gasteiger partial charge in [-0.2, -0.15) is 0 Å². The van der Waals surface area contributed by atoms with Crippen molar-refractivity contribution in [3.63, 3.8) is 0 Å². The van der Waals surface area contributed by atoms with Crippen LogP contribution in [0.2, 0.25) is 0 Å². The van der Waals surface area contributed by atoms with Gasteiger partial charge < -0.3 is 4.57 Å². The molecule has 76 valence electrons. The molecule has 0 bridgehead atoms. The number of ketones is 1. The van der Waals surface area contributed by atoms with E-state index < -0.39 is 0 Å². The number of hydrogen-bond donors (Lipinski definition) is 0. The van der Waals surface area contributed by atoms with Crippen LogP contribution in [0.3, 0.4) is 0 Å². The number of rotatable bonds is 2. The Labute approximate surface area is 83.3 Å². The van der Waals surface area contributed by atoms with E-state index in [0.29, 0.717) is 5.78 Å². The molecule has 1 atom stereocenters. The van der Waals surface area contributed by atoms with Crippen molar-refractivity contribution in [3.05, 3.63) is 12.7 Å². The fourth-order valence-corrected chi connectivity index (χ4v) is 2.00. The zero-order valence-electron chi connectivity index (χ0n) is 8.22. The average molecular weight is 193 g/mol. The van der Waals surface area contributed by atoms with Gasteiger partial charge in [0.1, 0.15) is 18.4 Å². The molecule has 1 aromatic heterocycles. The van der Waals surface area contributed by atoms with Crippen LogP contribution in [0.5, 0.6) is 0 Å². The average Bonchev–Trinajstić information content (AvgIpc) is 2.60. The minimum absolute atomic E-state index is 0.188. The molecule has 14 heavy (non-hydrogen) atoms. The summed E-state index contributed by atoms with van der Waals surface area (Å²) in [5.41, 5.74) is 0. The maximum atomic E-state index is 11.7. The van der Waals surface area contributed by atoms with Crippen molar-refractivity contribution >= 4 is 5.78 Å². The number of hydrogen-bond acceptors (Lipinski definition) is 3. The first-order valence-corrected chi connectivity index (χ1v) is 5.21. The van der Waals surface area contributed by atoms with Gasteiger partial charge in [-0.15, -0.1) is 10.2 Å². The van der Waals surface area contributed by atoms with Gasteiger partial charge in [0.25, 0.3) is 0 Å². The molecule has 4 nitrogen and oxygen atoms in total. The van der Waals surface area contributed by atoms with Crippen LogP contribution in [-0.2, 0) is 11.3 Å². The van der Waals surface area contributed by atoms with Gasteiger partial charge in [0.2, 0.25) is 0 Å². The summed E-state index contributed by atoms with van der Waals surface area (Å²) in [5.74, 6) is 0.602. The third kappa shape index (κ3) is 2.19. The number of Topliss-reactive ketones (excluding diaryl/α,β-unsaturated/α-hetero) is 1. The van der Waals surface area contributed by atoms with Crippen LogP contribution in [0.1, 0.15) is 32.1 Å². The summed E-state index contributed by atoms with van der Waals surface area (Å²) in [7, 11) is 0. The predicted molar refractivity (Wildman–Crippen MR) is 51.6 cm³/mol. The first kappa shape index (κ1) is 9.37. The van der Waals surface area contributed by atoms with E-state index in [-0.39, 0.29) is 5.92 Å².